The van der Waals surface area contributed by atoms with E-state index in [1.54, 1.807) is 26.2 Å². The maximum Gasteiger partial charge on any atom is 0.433 e. The van der Waals surface area contributed by atoms with Crippen LogP contribution in [0.5, 0.6) is 0 Å². The highest BCUT2D eigenvalue weighted by molar-refractivity contribution is 7.21. The summed E-state index contributed by atoms with van der Waals surface area (Å²) in [5.74, 6) is -1.60. The van der Waals surface area contributed by atoms with E-state index in [1.165, 1.54) is 27.8 Å². The number of alkyl halides is 3. The Kier molecular flexibility index (Phi) is 5.05. The fourth-order valence-electron chi connectivity index (χ4n) is 3.68. The van der Waals surface area contributed by atoms with E-state index in [1.807, 2.05) is 0 Å². The molecule has 5 heterocycles. The Hall–Kier alpha value is -4.33. The van der Waals surface area contributed by atoms with E-state index in [-0.39, 0.29) is 37.6 Å². The fraction of sp³-hybridized carbons (Fsp3) is 0.143. The third-order valence-corrected chi connectivity index (χ3v) is 6.56. The van der Waals surface area contributed by atoms with Gasteiger partial charge in [-0.2, -0.15) is 23.4 Å². The summed E-state index contributed by atoms with van der Waals surface area (Å²) in [7, 11) is 1.64. The Morgan fingerprint density at radius 3 is 2.60 bits per heavy atom. The monoisotopic (exact) mass is 500 g/mol. The van der Waals surface area contributed by atoms with Gasteiger partial charge in [-0.25, -0.2) is 14.5 Å². The van der Waals surface area contributed by atoms with Crippen LogP contribution in [-0.2, 0) is 13.2 Å². The van der Waals surface area contributed by atoms with Gasteiger partial charge in [-0.15, -0.1) is 11.3 Å². The number of hydrogen-bond acceptors (Lipinski definition) is 7. The summed E-state index contributed by atoms with van der Waals surface area (Å²) in [5.41, 5.74) is 5.75. The van der Waals surface area contributed by atoms with Crippen LogP contribution in [0, 0.1) is 6.92 Å². The van der Waals surface area contributed by atoms with Gasteiger partial charge in [0.2, 0.25) is 0 Å². The number of anilines is 1. The molecule has 3 N–H and O–H groups in total. The van der Waals surface area contributed by atoms with Gasteiger partial charge in [-0.05, 0) is 24.6 Å². The van der Waals surface area contributed by atoms with Crippen LogP contribution < -0.4 is 11.1 Å². The second kappa shape index (κ2) is 7.87. The van der Waals surface area contributed by atoms with Gasteiger partial charge in [0.25, 0.3) is 11.8 Å². The van der Waals surface area contributed by atoms with Gasteiger partial charge in [0.1, 0.15) is 21.0 Å². The molecule has 0 aliphatic carbocycles. The van der Waals surface area contributed by atoms with Crippen LogP contribution in [0.3, 0.4) is 0 Å². The van der Waals surface area contributed by atoms with Crippen LogP contribution in [0.15, 0.2) is 36.9 Å². The number of amides is 2. The Morgan fingerprint density at radius 1 is 1.17 bits per heavy atom. The summed E-state index contributed by atoms with van der Waals surface area (Å²) in [4.78, 5) is 33.0. The first kappa shape index (κ1) is 22.5. The van der Waals surface area contributed by atoms with E-state index in [2.05, 4.69) is 25.5 Å². The number of thiophene rings is 1. The van der Waals surface area contributed by atoms with E-state index in [0.717, 1.165) is 6.07 Å². The van der Waals surface area contributed by atoms with E-state index in [9.17, 15) is 22.8 Å². The lowest BCUT2D eigenvalue weighted by atomic mass is 10.0. The molecule has 0 radical (unpaired) electrons. The number of carbonyl (C=O) groups is 2. The molecule has 14 heteroatoms. The number of nitrogens with one attached hydrogen (secondary N) is 1. The van der Waals surface area contributed by atoms with Crippen molar-refractivity contribution in [2.24, 2.45) is 12.8 Å². The predicted octanol–water partition coefficient (Wildman–Crippen LogP) is 3.42. The molecule has 2 amide bonds. The third-order valence-electron chi connectivity index (χ3n) is 5.46. The number of primary amides is 1. The number of nitrogens with zero attached hydrogens (tertiary/aromatic N) is 6. The van der Waals surface area contributed by atoms with Crippen LogP contribution in [0.2, 0.25) is 0 Å². The summed E-state index contributed by atoms with van der Waals surface area (Å²) in [6.45, 7) is 1.69. The minimum absolute atomic E-state index is 0.0442. The number of fused-ring (bicyclic) bond motifs is 2. The number of halogens is 3. The topological polar surface area (TPSA) is 133 Å². The van der Waals surface area contributed by atoms with E-state index in [0.29, 0.717) is 22.6 Å². The SMILES string of the molecule is Cc1c(-c2cc(C(F)(F)F)nc3sc(C(N)=O)c(NC(=O)c4cnn5cccnc45)c23)cnn1C. The zero-order valence-corrected chi connectivity index (χ0v) is 18.9. The molecule has 0 aromatic carbocycles. The Morgan fingerprint density at radius 2 is 1.94 bits per heavy atom. The molecule has 0 aliphatic heterocycles. The van der Waals surface area contributed by atoms with Crippen molar-refractivity contribution in [2.75, 3.05) is 5.32 Å². The summed E-state index contributed by atoms with van der Waals surface area (Å²) in [6.07, 6.45) is 1.03. The Balaban J connectivity index is 1.76. The Labute approximate surface area is 198 Å². The van der Waals surface area contributed by atoms with Gasteiger partial charge in [-0.1, -0.05) is 0 Å². The van der Waals surface area contributed by atoms with Crippen LogP contribution in [0.25, 0.3) is 27.0 Å². The predicted molar refractivity (Wildman–Crippen MR) is 121 cm³/mol. The largest absolute Gasteiger partial charge is 0.433 e. The zero-order chi connectivity index (χ0) is 25.1. The molecule has 0 spiro atoms. The molecule has 35 heavy (non-hydrogen) atoms. The van der Waals surface area contributed by atoms with Crippen molar-refractivity contribution in [2.45, 2.75) is 13.1 Å². The van der Waals surface area contributed by atoms with Crippen LogP contribution >= 0.6 is 11.3 Å². The third kappa shape index (κ3) is 3.67. The summed E-state index contributed by atoms with van der Waals surface area (Å²) >= 11 is 0.663. The average molecular weight is 500 g/mol. The van der Waals surface area contributed by atoms with Crippen molar-refractivity contribution in [1.29, 1.82) is 0 Å². The summed E-state index contributed by atoms with van der Waals surface area (Å²) < 4.78 is 43.9. The highest BCUT2D eigenvalue weighted by atomic mass is 32.1. The number of pyridine rings is 1. The molecule has 178 valence electrons. The molecule has 5 aromatic heterocycles. The van der Waals surface area contributed by atoms with Crippen LogP contribution in [-0.4, -0.2) is 41.2 Å². The zero-order valence-electron chi connectivity index (χ0n) is 18.1. The van der Waals surface area contributed by atoms with Gasteiger partial charge >= 0.3 is 6.18 Å². The lowest BCUT2D eigenvalue weighted by molar-refractivity contribution is -0.140. The number of aromatic nitrogens is 6. The normalized spacial score (nSPS) is 11.9. The molecular weight excluding hydrogens is 485 g/mol. The average Bonchev–Trinajstić information content (AvgIpc) is 3.49. The number of hydrogen-bond donors (Lipinski definition) is 2. The molecule has 10 nitrogen and oxygen atoms in total. The van der Waals surface area contributed by atoms with Gasteiger partial charge in [0.05, 0.1) is 18.1 Å². The minimum atomic E-state index is -4.75. The molecule has 0 bridgehead atoms. The van der Waals surface area contributed by atoms with Gasteiger partial charge in [0.15, 0.2) is 5.65 Å². The number of nitrogens with two attached hydrogens (primary N) is 1. The van der Waals surface area contributed by atoms with Gasteiger partial charge in [-0.3, -0.25) is 14.3 Å². The molecule has 0 saturated heterocycles. The van der Waals surface area contributed by atoms with Crippen molar-refractivity contribution in [3.8, 4) is 11.1 Å². The van der Waals surface area contributed by atoms with Gasteiger partial charge < -0.3 is 11.1 Å². The highest BCUT2D eigenvalue weighted by Gasteiger charge is 2.35. The minimum Gasteiger partial charge on any atom is -0.365 e. The smallest absolute Gasteiger partial charge is 0.365 e. The van der Waals surface area contributed by atoms with Crippen molar-refractivity contribution >= 4 is 44.7 Å². The molecule has 0 atom stereocenters. The van der Waals surface area contributed by atoms with Crippen molar-refractivity contribution in [3.63, 3.8) is 0 Å². The quantitative estimate of drug-likeness (QED) is 0.389. The first-order valence-electron chi connectivity index (χ1n) is 9.99. The number of rotatable bonds is 4. The Bertz CT molecular complexity index is 1650. The molecule has 0 unspecified atom stereocenters. The first-order chi connectivity index (χ1) is 16.6. The highest BCUT2D eigenvalue weighted by Crippen LogP contribution is 2.44. The molecule has 0 saturated carbocycles. The van der Waals surface area contributed by atoms with Crippen LogP contribution in [0.4, 0.5) is 18.9 Å². The molecule has 0 fully saturated rings. The maximum absolute atomic E-state index is 13.7. The molecule has 5 rings (SSSR count). The van der Waals surface area contributed by atoms with Crippen molar-refractivity contribution < 1.29 is 22.8 Å². The lowest BCUT2D eigenvalue weighted by Crippen LogP contribution is -2.17. The van der Waals surface area contributed by atoms with E-state index < -0.39 is 23.7 Å². The second-order valence-corrected chi connectivity index (χ2v) is 8.57. The molecule has 5 aromatic rings. The second-order valence-electron chi connectivity index (χ2n) is 7.57. The maximum atomic E-state index is 13.7. The number of carbonyl (C=O) groups excluding carboxylic acids is 2. The number of aryl methyl sites for hydroxylation is 1. The molecule has 0 aliphatic rings. The first-order valence-corrected chi connectivity index (χ1v) is 10.8. The van der Waals surface area contributed by atoms with E-state index >= 15 is 0 Å². The van der Waals surface area contributed by atoms with E-state index in [4.69, 9.17) is 5.73 Å². The van der Waals surface area contributed by atoms with Crippen molar-refractivity contribution in [1.82, 2.24) is 29.4 Å². The molecular formula is C21H15F3N8O2S. The lowest BCUT2D eigenvalue weighted by Gasteiger charge is -2.12. The summed E-state index contributed by atoms with van der Waals surface area (Å²) in [5, 5.41) is 11.0. The summed E-state index contributed by atoms with van der Waals surface area (Å²) in [6, 6.07) is 2.50. The van der Waals surface area contributed by atoms with Crippen LogP contribution in [0.1, 0.15) is 31.4 Å². The van der Waals surface area contributed by atoms with Gasteiger partial charge in [0, 0.05) is 36.1 Å². The standard InChI is InChI=1S/C21H15F3N8O2S/c1-9-11(7-27-31(9)2)10-6-13(21(22,23)24)29-20-14(10)15(16(35-20)17(25)33)30-19(34)12-8-28-32-5-3-4-26-18(12)32/h3-8H,1-2H3,(H2,25,33)(H,30,34). The fourth-order valence-corrected chi connectivity index (χ4v) is 4.69. The van der Waals surface area contributed by atoms with Crippen molar-refractivity contribution in [3.05, 3.63) is 58.7 Å².